The molecule has 0 N–H and O–H groups in total. The van der Waals surface area contributed by atoms with Gasteiger partial charge in [-0.25, -0.2) is 0 Å². The van der Waals surface area contributed by atoms with Gasteiger partial charge in [0.05, 0.1) is 0 Å². The number of benzene rings is 2. The van der Waals surface area contributed by atoms with Crippen molar-refractivity contribution in [2.24, 2.45) is 0 Å². The van der Waals surface area contributed by atoms with E-state index >= 15 is 0 Å². The second kappa shape index (κ2) is 12.4. The first-order valence-electron chi connectivity index (χ1n) is 10.6. The molecule has 0 aliphatic heterocycles. The van der Waals surface area contributed by atoms with Gasteiger partial charge >= 0.3 is 176 Å². The van der Waals surface area contributed by atoms with E-state index in [4.69, 9.17) is 9.47 Å². The summed E-state index contributed by atoms with van der Waals surface area (Å²) in [5.41, 5.74) is 2.68. The number of ether oxygens (including phenoxy) is 2. The number of aryl methyl sites for hydroxylation is 2. The molecule has 0 bridgehead atoms. The van der Waals surface area contributed by atoms with Gasteiger partial charge in [-0.1, -0.05) is 6.92 Å². The summed E-state index contributed by atoms with van der Waals surface area (Å²) >= 11 is -0.198. The third kappa shape index (κ3) is 8.02. The number of hydrogen-bond donors (Lipinski definition) is 0. The Morgan fingerprint density at radius 2 is 1.43 bits per heavy atom. The van der Waals surface area contributed by atoms with Gasteiger partial charge < -0.3 is 0 Å². The molecular weight excluding hydrogens is 459 g/mol. The molecule has 0 radical (unpaired) electrons. The fourth-order valence-corrected chi connectivity index (χ4v) is 5.67. The Labute approximate surface area is 182 Å². The van der Waals surface area contributed by atoms with Crippen LogP contribution in [0.1, 0.15) is 70.4 Å². The standard InChI is InChI=1S/C25H36IO2/c1-6-7-8-9-10-11-16-27-23-14-12-22(13-15-23)26-25-20(4)17-24(18-21(25)5)28-19(2)3/h12-15,17-19H,6-11,16H2,1-5H3/q-1. The SMILES string of the molecule is CCCCCCCCOc1ccc([I-]c2c(C)cc(OC(C)C)cc2C)cc1. The van der Waals surface area contributed by atoms with E-state index in [2.05, 4.69) is 71.0 Å². The molecule has 0 heterocycles. The summed E-state index contributed by atoms with van der Waals surface area (Å²) in [5.74, 6) is 1.98. The molecule has 28 heavy (non-hydrogen) atoms. The van der Waals surface area contributed by atoms with Crippen LogP contribution in [0.2, 0.25) is 0 Å². The molecule has 0 amide bonds. The molecule has 0 fully saturated rings. The maximum absolute atomic E-state index is 5.91. The molecule has 0 spiro atoms. The van der Waals surface area contributed by atoms with Crippen molar-refractivity contribution in [1.82, 2.24) is 0 Å². The Morgan fingerprint density at radius 1 is 0.821 bits per heavy atom. The average molecular weight is 495 g/mol. The Hall–Kier alpha value is -1.23. The molecule has 0 saturated carbocycles. The minimum atomic E-state index is -0.198. The van der Waals surface area contributed by atoms with Crippen molar-refractivity contribution in [1.29, 1.82) is 0 Å². The van der Waals surface area contributed by atoms with Gasteiger partial charge in [0.1, 0.15) is 0 Å². The zero-order chi connectivity index (χ0) is 20.4. The molecule has 0 unspecified atom stereocenters. The molecule has 2 aromatic rings. The van der Waals surface area contributed by atoms with Crippen LogP contribution in [0.25, 0.3) is 0 Å². The van der Waals surface area contributed by atoms with E-state index in [1.807, 2.05) is 0 Å². The van der Waals surface area contributed by atoms with E-state index in [1.165, 1.54) is 50.4 Å². The van der Waals surface area contributed by atoms with E-state index in [0.717, 1.165) is 24.5 Å². The zero-order valence-corrected chi connectivity index (χ0v) is 20.3. The summed E-state index contributed by atoms with van der Waals surface area (Å²) in [5, 5.41) is 0. The van der Waals surface area contributed by atoms with Gasteiger partial charge in [-0.15, -0.1) is 0 Å². The van der Waals surface area contributed by atoms with Crippen LogP contribution in [0, 0.1) is 21.0 Å². The molecule has 0 aliphatic carbocycles. The number of hydrogen-bond acceptors (Lipinski definition) is 2. The molecule has 0 aromatic heterocycles. The van der Waals surface area contributed by atoms with Crippen molar-refractivity contribution >= 4 is 0 Å². The predicted octanol–water partition coefficient (Wildman–Crippen LogP) is 3.96. The first-order chi connectivity index (χ1) is 13.5. The molecule has 2 nitrogen and oxygen atoms in total. The van der Waals surface area contributed by atoms with Gasteiger partial charge in [-0.3, -0.25) is 0 Å². The summed E-state index contributed by atoms with van der Waals surface area (Å²) in [6, 6.07) is 13.1. The summed E-state index contributed by atoms with van der Waals surface area (Å²) in [7, 11) is 0. The third-order valence-corrected chi connectivity index (χ3v) is 8.15. The third-order valence-electron chi connectivity index (χ3n) is 4.57. The molecule has 3 heteroatoms. The van der Waals surface area contributed by atoms with E-state index in [1.54, 1.807) is 0 Å². The van der Waals surface area contributed by atoms with Crippen molar-refractivity contribution in [3.63, 3.8) is 0 Å². The molecular formula is C25H36IO2-. The monoisotopic (exact) mass is 495 g/mol. The van der Waals surface area contributed by atoms with Crippen LogP contribution in [0.15, 0.2) is 36.4 Å². The molecule has 0 aliphatic rings. The van der Waals surface area contributed by atoms with E-state index < -0.39 is 0 Å². The predicted molar refractivity (Wildman–Crippen MR) is 114 cm³/mol. The van der Waals surface area contributed by atoms with Crippen LogP contribution >= 0.6 is 0 Å². The molecule has 0 saturated heterocycles. The molecule has 2 aromatic carbocycles. The summed E-state index contributed by atoms with van der Waals surface area (Å²) < 4.78 is 14.7. The van der Waals surface area contributed by atoms with Crippen molar-refractivity contribution in [3.05, 3.63) is 54.7 Å². The Bertz CT molecular complexity index is 684. The van der Waals surface area contributed by atoms with Crippen molar-refractivity contribution in [3.8, 4) is 11.5 Å². The first kappa shape index (κ1) is 23.1. The normalized spacial score (nSPS) is 11.2. The Morgan fingerprint density at radius 3 is 2.04 bits per heavy atom. The van der Waals surface area contributed by atoms with Gasteiger partial charge in [0.2, 0.25) is 0 Å². The van der Waals surface area contributed by atoms with E-state index in [0.29, 0.717) is 0 Å². The molecule has 2 rings (SSSR count). The zero-order valence-electron chi connectivity index (χ0n) is 18.2. The van der Waals surface area contributed by atoms with Crippen LogP contribution in [0.3, 0.4) is 0 Å². The summed E-state index contributed by atoms with van der Waals surface area (Å²) in [6.07, 6.45) is 8.00. The van der Waals surface area contributed by atoms with Gasteiger partial charge in [0.25, 0.3) is 0 Å². The topological polar surface area (TPSA) is 18.5 Å². The minimum absolute atomic E-state index is 0.198. The number of halogens is 1. The average Bonchev–Trinajstić information content (AvgIpc) is 2.64. The fourth-order valence-electron chi connectivity index (χ4n) is 3.17. The van der Waals surface area contributed by atoms with Gasteiger partial charge in [0.15, 0.2) is 0 Å². The van der Waals surface area contributed by atoms with Gasteiger partial charge in [-0.2, -0.15) is 0 Å². The van der Waals surface area contributed by atoms with E-state index in [9.17, 15) is 0 Å². The van der Waals surface area contributed by atoms with Crippen LogP contribution in [0.4, 0.5) is 0 Å². The van der Waals surface area contributed by atoms with Crippen LogP contribution < -0.4 is 30.7 Å². The van der Waals surface area contributed by atoms with Crippen LogP contribution in [-0.2, 0) is 0 Å². The van der Waals surface area contributed by atoms with E-state index in [-0.39, 0.29) is 27.3 Å². The Kier molecular flexibility index (Phi) is 10.2. The summed E-state index contributed by atoms with van der Waals surface area (Å²) in [4.78, 5) is 0. The maximum atomic E-state index is 5.91. The van der Waals surface area contributed by atoms with Crippen molar-refractivity contribution in [2.45, 2.75) is 79.2 Å². The summed E-state index contributed by atoms with van der Waals surface area (Å²) in [6.45, 7) is 11.6. The van der Waals surface area contributed by atoms with Crippen LogP contribution in [0.5, 0.6) is 11.5 Å². The molecule has 156 valence electrons. The van der Waals surface area contributed by atoms with Crippen molar-refractivity contribution < 1.29 is 30.7 Å². The second-order valence-electron chi connectivity index (χ2n) is 7.70. The first-order valence-corrected chi connectivity index (χ1v) is 12.8. The van der Waals surface area contributed by atoms with Crippen molar-refractivity contribution in [2.75, 3.05) is 6.61 Å². The van der Waals surface area contributed by atoms with Gasteiger partial charge in [0, 0.05) is 0 Å². The Balaban J connectivity index is 1.85. The van der Waals surface area contributed by atoms with Crippen LogP contribution in [-0.4, -0.2) is 12.7 Å². The molecule has 0 atom stereocenters. The van der Waals surface area contributed by atoms with Gasteiger partial charge in [-0.05, 0) is 0 Å². The number of rotatable bonds is 12. The number of unbranched alkanes of at least 4 members (excludes halogenated alkanes) is 5. The second-order valence-corrected chi connectivity index (χ2v) is 10.6. The fraction of sp³-hybridized carbons (Fsp3) is 0.520. The quantitative estimate of drug-likeness (QED) is 0.328.